The van der Waals surface area contributed by atoms with Crippen LogP contribution >= 0.6 is 0 Å². The molecule has 0 aliphatic rings. The van der Waals surface area contributed by atoms with Gasteiger partial charge in [0, 0.05) is 5.41 Å². The maximum atomic E-state index is 6.28. The van der Waals surface area contributed by atoms with Crippen LogP contribution in [0.15, 0.2) is 65.9 Å². The number of imidazole rings is 2. The second-order valence-electron chi connectivity index (χ2n) is 11.7. The first-order chi connectivity index (χ1) is 17.9. The molecule has 0 amide bonds. The minimum absolute atomic E-state index is 0.0990. The van der Waals surface area contributed by atoms with Crippen molar-refractivity contribution in [3.8, 4) is 33.6 Å². The van der Waals surface area contributed by atoms with Gasteiger partial charge >= 0.3 is 0 Å². The summed E-state index contributed by atoms with van der Waals surface area (Å²) in [6.07, 6.45) is 3.73. The van der Waals surface area contributed by atoms with E-state index in [1.54, 1.807) is 0 Å². The summed E-state index contributed by atoms with van der Waals surface area (Å²) in [5.74, 6) is 2.88. The lowest BCUT2D eigenvalue weighted by Gasteiger charge is -2.22. The zero-order valence-corrected chi connectivity index (χ0v) is 23.6. The van der Waals surface area contributed by atoms with E-state index >= 15 is 0 Å². The molecule has 7 heteroatoms. The summed E-state index contributed by atoms with van der Waals surface area (Å²) in [5.41, 5.74) is 18.7. The van der Waals surface area contributed by atoms with E-state index < -0.39 is 0 Å². The minimum atomic E-state index is -0.181. The zero-order valence-electron chi connectivity index (χ0n) is 23.6. The van der Waals surface area contributed by atoms with E-state index in [2.05, 4.69) is 117 Å². The number of hydrogen-bond donors (Lipinski definition) is 4. The first kappa shape index (κ1) is 27.3. The van der Waals surface area contributed by atoms with Crippen LogP contribution in [0, 0.1) is 17.3 Å². The fourth-order valence-corrected chi connectivity index (χ4v) is 4.16. The lowest BCUT2D eigenvalue weighted by atomic mass is 9.94. The first-order valence-corrected chi connectivity index (χ1v) is 13.3. The van der Waals surface area contributed by atoms with E-state index in [1.165, 1.54) is 0 Å². The molecule has 0 aliphatic carbocycles. The van der Waals surface area contributed by atoms with Gasteiger partial charge < -0.3 is 21.4 Å². The summed E-state index contributed by atoms with van der Waals surface area (Å²) in [7, 11) is 0. The molecule has 0 radical (unpaired) electrons. The number of aromatic nitrogens is 4. The van der Waals surface area contributed by atoms with E-state index in [0.29, 0.717) is 11.8 Å². The molecule has 0 spiro atoms. The van der Waals surface area contributed by atoms with Crippen LogP contribution < -0.4 is 11.5 Å². The van der Waals surface area contributed by atoms with Gasteiger partial charge in [-0.1, -0.05) is 97.0 Å². The molecule has 200 valence electrons. The Bertz CT molecular complexity index is 1370. The van der Waals surface area contributed by atoms with Crippen molar-refractivity contribution in [1.29, 1.82) is 0 Å². The van der Waals surface area contributed by atoms with Crippen molar-refractivity contribution in [3.63, 3.8) is 0 Å². The molecule has 2 aromatic carbocycles. The van der Waals surface area contributed by atoms with E-state index in [1.807, 2.05) is 12.4 Å². The number of rotatable bonds is 8. The van der Waals surface area contributed by atoms with E-state index in [9.17, 15) is 0 Å². The Balaban J connectivity index is 1.50. The van der Waals surface area contributed by atoms with Gasteiger partial charge in [-0.15, -0.1) is 0 Å². The molecule has 0 fully saturated rings. The third-order valence-electron chi connectivity index (χ3n) is 6.91. The van der Waals surface area contributed by atoms with Crippen LogP contribution in [0.4, 0.5) is 0 Å². The molecule has 6 N–H and O–H groups in total. The van der Waals surface area contributed by atoms with Crippen LogP contribution in [0.5, 0.6) is 0 Å². The van der Waals surface area contributed by atoms with Gasteiger partial charge in [0.25, 0.3) is 0 Å². The highest BCUT2D eigenvalue weighted by Gasteiger charge is 2.23. The highest BCUT2D eigenvalue weighted by Crippen LogP contribution is 2.30. The zero-order chi connectivity index (χ0) is 27.6. The Morgan fingerprint density at radius 3 is 1.55 bits per heavy atom. The molecule has 0 aliphatic heterocycles. The van der Waals surface area contributed by atoms with E-state index in [0.717, 1.165) is 45.3 Å². The monoisotopic (exact) mass is 511 g/mol. The summed E-state index contributed by atoms with van der Waals surface area (Å²) >= 11 is 0. The fourth-order valence-electron chi connectivity index (χ4n) is 4.16. The molecule has 4 aromatic rings. The van der Waals surface area contributed by atoms with Crippen molar-refractivity contribution >= 4 is 5.84 Å². The molecular weight excluding hydrogens is 470 g/mol. The Morgan fingerprint density at radius 2 is 1.13 bits per heavy atom. The Kier molecular flexibility index (Phi) is 7.88. The van der Waals surface area contributed by atoms with Crippen LogP contribution in [0.2, 0.25) is 0 Å². The third-order valence-corrected chi connectivity index (χ3v) is 6.91. The Hall–Kier alpha value is -3.71. The summed E-state index contributed by atoms with van der Waals surface area (Å²) in [5, 5.41) is 0. The molecule has 4 rings (SSSR count). The minimum Gasteiger partial charge on any atom is -0.387 e. The SMILES string of the molecule is CC(C)[C@H](N)c1ncc(-c2ccc(-c3ccc(-c4cnc([C@@H](N=C(N)C(C)(C)C)C(C)C)[nH]4)cc3)cc2)[nH]1. The number of hydrogen-bond acceptors (Lipinski definition) is 4. The van der Waals surface area contributed by atoms with Crippen LogP contribution in [0.3, 0.4) is 0 Å². The van der Waals surface area contributed by atoms with Crippen LogP contribution in [0.1, 0.15) is 72.2 Å². The molecule has 0 unspecified atom stereocenters. The molecule has 7 nitrogen and oxygen atoms in total. The van der Waals surface area contributed by atoms with E-state index in [-0.39, 0.29) is 23.4 Å². The smallest absolute Gasteiger partial charge is 0.131 e. The van der Waals surface area contributed by atoms with Gasteiger partial charge in [-0.25, -0.2) is 9.97 Å². The van der Waals surface area contributed by atoms with Gasteiger partial charge in [0.15, 0.2) is 0 Å². The van der Waals surface area contributed by atoms with Gasteiger partial charge in [-0.2, -0.15) is 0 Å². The second-order valence-corrected chi connectivity index (χ2v) is 11.7. The number of nitrogens with zero attached hydrogens (tertiary/aromatic N) is 3. The number of H-pyrrole nitrogens is 2. The third kappa shape index (κ3) is 6.05. The second kappa shape index (κ2) is 11.0. The number of nitrogens with two attached hydrogens (primary N) is 2. The van der Waals surface area contributed by atoms with Crippen LogP contribution in [-0.2, 0) is 0 Å². The topological polar surface area (TPSA) is 122 Å². The highest BCUT2D eigenvalue weighted by atomic mass is 15.0. The van der Waals surface area contributed by atoms with Crippen molar-refractivity contribution in [2.75, 3.05) is 0 Å². The summed E-state index contributed by atoms with van der Waals surface area (Å²) < 4.78 is 0. The quantitative estimate of drug-likeness (QED) is 0.152. The van der Waals surface area contributed by atoms with Crippen molar-refractivity contribution in [3.05, 3.63) is 72.6 Å². The standard InChI is InChI=1S/C31H41N7/c1-18(2)26(32)28-34-16-24(36-28)22-12-8-20(9-13-22)21-10-14-23(15-11-21)25-17-35-29(37-25)27(19(3)4)38-30(33)31(5,6)7/h8-19,26-27H,32H2,1-7H3,(H2,33,38)(H,34,36)(H,35,37)/t26-,27-/m0/s1. The van der Waals surface area contributed by atoms with Gasteiger partial charge in [-0.3, -0.25) is 4.99 Å². The predicted molar refractivity (Wildman–Crippen MR) is 157 cm³/mol. The lowest BCUT2D eigenvalue weighted by molar-refractivity contribution is 0.483. The number of aliphatic imine (C=N–C) groups is 1. The van der Waals surface area contributed by atoms with Crippen molar-refractivity contribution in [1.82, 2.24) is 19.9 Å². The predicted octanol–water partition coefficient (Wildman–Crippen LogP) is 6.89. The van der Waals surface area contributed by atoms with Gasteiger partial charge in [0.1, 0.15) is 17.7 Å². The summed E-state index contributed by atoms with van der Waals surface area (Å²) in [6.45, 7) is 14.7. The first-order valence-electron chi connectivity index (χ1n) is 13.3. The van der Waals surface area contributed by atoms with Gasteiger partial charge in [0.2, 0.25) is 0 Å². The largest absolute Gasteiger partial charge is 0.387 e. The molecule has 2 atom stereocenters. The molecule has 38 heavy (non-hydrogen) atoms. The normalized spacial score (nSPS) is 14.3. The number of amidine groups is 1. The van der Waals surface area contributed by atoms with Gasteiger partial charge in [-0.05, 0) is 34.1 Å². The van der Waals surface area contributed by atoms with Crippen molar-refractivity contribution < 1.29 is 0 Å². The number of benzene rings is 2. The molecule has 0 bridgehead atoms. The highest BCUT2D eigenvalue weighted by molar-refractivity contribution is 5.85. The maximum Gasteiger partial charge on any atom is 0.131 e. The fraction of sp³-hybridized carbons (Fsp3) is 0.387. The number of nitrogens with one attached hydrogen (secondary N) is 2. The van der Waals surface area contributed by atoms with Crippen molar-refractivity contribution in [2.45, 2.75) is 60.5 Å². The van der Waals surface area contributed by atoms with Crippen molar-refractivity contribution in [2.24, 2.45) is 33.7 Å². The molecule has 2 heterocycles. The Morgan fingerprint density at radius 1 is 0.711 bits per heavy atom. The van der Waals surface area contributed by atoms with E-state index in [4.69, 9.17) is 16.5 Å². The average molecular weight is 512 g/mol. The molecule has 0 saturated carbocycles. The maximum absolute atomic E-state index is 6.28. The number of aromatic amines is 2. The molecule has 0 saturated heterocycles. The molecule has 2 aromatic heterocycles. The van der Waals surface area contributed by atoms with Crippen LogP contribution in [0.25, 0.3) is 33.6 Å². The summed E-state index contributed by atoms with van der Waals surface area (Å²) in [4.78, 5) is 20.8. The Labute approximate surface area is 226 Å². The molecular formula is C31H41N7. The van der Waals surface area contributed by atoms with Crippen LogP contribution in [-0.4, -0.2) is 25.8 Å². The average Bonchev–Trinajstić information content (AvgIpc) is 3.56. The lowest BCUT2D eigenvalue weighted by Crippen LogP contribution is -2.30. The van der Waals surface area contributed by atoms with Gasteiger partial charge in [0.05, 0.1) is 35.7 Å². The summed E-state index contributed by atoms with van der Waals surface area (Å²) in [6, 6.07) is 16.8.